The average Bonchev–Trinajstić information content (AvgIpc) is 2.75. The van der Waals surface area contributed by atoms with Gasteiger partial charge < -0.3 is 10.2 Å². The van der Waals surface area contributed by atoms with Crippen LogP contribution >= 0.6 is 0 Å². The van der Waals surface area contributed by atoms with Crippen LogP contribution in [0.25, 0.3) is 0 Å². The number of hydrogen-bond acceptors (Lipinski definition) is 3. The number of rotatable bonds is 4. The standard InChI is InChI=1S/C18H26FN3O/c1-13-3-4-14(11-17(13)19)20-18(23)8-10-22-9-7-15-5-6-16(12-22)21(15)2/h3-4,11,15-16H,5-10,12H2,1-2H3,(H,20,23)/t15-,16+/m0/s1. The molecule has 3 rings (SSSR count). The number of nitrogens with one attached hydrogen (secondary N) is 1. The number of carbonyl (C=O) groups excluding carboxylic acids is 1. The van der Waals surface area contributed by atoms with E-state index in [0.717, 1.165) is 25.7 Å². The van der Waals surface area contributed by atoms with Crippen LogP contribution in [0, 0.1) is 12.7 Å². The Bertz CT molecular complexity index is 577. The summed E-state index contributed by atoms with van der Waals surface area (Å²) in [7, 11) is 2.23. The van der Waals surface area contributed by atoms with Crippen molar-refractivity contribution >= 4 is 11.6 Å². The molecule has 23 heavy (non-hydrogen) atoms. The normalized spacial score (nSPS) is 25.3. The summed E-state index contributed by atoms with van der Waals surface area (Å²) < 4.78 is 13.5. The molecular formula is C18H26FN3O. The SMILES string of the molecule is Cc1ccc(NC(=O)CCN2CC[C@@H]3CC[C@H](C2)N3C)cc1F. The number of halogens is 1. The van der Waals surface area contributed by atoms with Crippen LogP contribution in [0.1, 0.15) is 31.2 Å². The lowest BCUT2D eigenvalue weighted by Gasteiger charge is -2.25. The van der Waals surface area contributed by atoms with Gasteiger partial charge in [0.1, 0.15) is 5.82 Å². The summed E-state index contributed by atoms with van der Waals surface area (Å²) in [5.41, 5.74) is 1.12. The Kier molecular flexibility index (Phi) is 4.97. The van der Waals surface area contributed by atoms with E-state index >= 15 is 0 Å². The van der Waals surface area contributed by atoms with Crippen LogP contribution in [0.5, 0.6) is 0 Å². The summed E-state index contributed by atoms with van der Waals surface area (Å²) in [6, 6.07) is 6.17. The van der Waals surface area contributed by atoms with E-state index in [0.29, 0.717) is 23.7 Å². The lowest BCUT2D eigenvalue weighted by atomic mass is 10.1. The van der Waals surface area contributed by atoms with Gasteiger partial charge in [-0.3, -0.25) is 9.69 Å². The van der Waals surface area contributed by atoms with Gasteiger partial charge in [0, 0.05) is 37.3 Å². The van der Waals surface area contributed by atoms with Gasteiger partial charge in [-0.2, -0.15) is 0 Å². The van der Waals surface area contributed by atoms with Crippen LogP contribution in [0.2, 0.25) is 0 Å². The van der Waals surface area contributed by atoms with Crippen molar-refractivity contribution in [2.45, 2.75) is 44.7 Å². The van der Waals surface area contributed by atoms with Gasteiger partial charge in [0.15, 0.2) is 0 Å². The number of likely N-dealkylation sites (N-methyl/N-ethyl adjacent to an activating group) is 1. The van der Waals surface area contributed by atoms with Gasteiger partial charge in [0.2, 0.25) is 5.91 Å². The van der Waals surface area contributed by atoms with E-state index in [4.69, 9.17) is 0 Å². The van der Waals surface area contributed by atoms with Gasteiger partial charge >= 0.3 is 0 Å². The molecule has 1 N–H and O–H groups in total. The second-order valence-electron chi connectivity index (χ2n) is 6.90. The Balaban J connectivity index is 1.48. The number of benzene rings is 1. The molecular weight excluding hydrogens is 293 g/mol. The van der Waals surface area contributed by atoms with Crippen LogP contribution in [0.15, 0.2) is 18.2 Å². The van der Waals surface area contributed by atoms with Crippen molar-refractivity contribution in [3.8, 4) is 0 Å². The Morgan fingerprint density at radius 1 is 1.30 bits per heavy atom. The van der Waals surface area contributed by atoms with E-state index < -0.39 is 0 Å². The molecule has 0 radical (unpaired) electrons. The third-order valence-corrected chi connectivity index (χ3v) is 5.34. The van der Waals surface area contributed by atoms with E-state index in [-0.39, 0.29) is 11.7 Å². The lowest BCUT2D eigenvalue weighted by molar-refractivity contribution is -0.116. The van der Waals surface area contributed by atoms with Crippen LogP contribution in [-0.2, 0) is 4.79 Å². The second kappa shape index (κ2) is 6.97. The molecule has 2 aliphatic heterocycles. The summed E-state index contributed by atoms with van der Waals surface area (Å²) in [6.45, 7) is 4.61. The minimum Gasteiger partial charge on any atom is -0.326 e. The topological polar surface area (TPSA) is 35.6 Å². The van der Waals surface area contributed by atoms with Crippen LogP contribution in [0.3, 0.4) is 0 Å². The van der Waals surface area contributed by atoms with Crippen molar-refractivity contribution in [3.63, 3.8) is 0 Å². The molecule has 0 aliphatic carbocycles. The number of aryl methyl sites for hydroxylation is 1. The minimum absolute atomic E-state index is 0.0454. The highest BCUT2D eigenvalue weighted by molar-refractivity contribution is 5.90. The molecule has 0 aromatic heterocycles. The Morgan fingerprint density at radius 2 is 2.09 bits per heavy atom. The third kappa shape index (κ3) is 3.90. The molecule has 2 atom stereocenters. The smallest absolute Gasteiger partial charge is 0.225 e. The number of hydrogen-bond donors (Lipinski definition) is 1. The molecule has 2 heterocycles. The summed E-state index contributed by atoms with van der Waals surface area (Å²) >= 11 is 0. The molecule has 1 aromatic rings. The average molecular weight is 319 g/mol. The molecule has 1 amide bonds. The highest BCUT2D eigenvalue weighted by Gasteiger charge is 2.34. The first kappa shape index (κ1) is 16.4. The summed E-state index contributed by atoms with van der Waals surface area (Å²) in [4.78, 5) is 17.0. The quantitative estimate of drug-likeness (QED) is 0.927. The number of carbonyl (C=O) groups is 1. The highest BCUT2D eigenvalue weighted by Crippen LogP contribution is 2.28. The van der Waals surface area contributed by atoms with Gasteiger partial charge in [0.25, 0.3) is 0 Å². The van der Waals surface area contributed by atoms with E-state index in [1.165, 1.54) is 25.3 Å². The maximum Gasteiger partial charge on any atom is 0.225 e. The maximum absolute atomic E-state index is 13.5. The number of anilines is 1. The zero-order valence-electron chi connectivity index (χ0n) is 14.0. The predicted octanol–water partition coefficient (Wildman–Crippen LogP) is 2.63. The van der Waals surface area contributed by atoms with Crippen molar-refractivity contribution in [1.82, 2.24) is 9.80 Å². The monoisotopic (exact) mass is 319 g/mol. The predicted molar refractivity (Wildman–Crippen MR) is 90.0 cm³/mol. The number of fused-ring (bicyclic) bond motifs is 2. The lowest BCUT2D eigenvalue weighted by Crippen LogP contribution is -2.37. The van der Waals surface area contributed by atoms with Crippen LogP contribution < -0.4 is 5.32 Å². The Hall–Kier alpha value is -1.46. The summed E-state index contributed by atoms with van der Waals surface area (Å²) in [5, 5.41) is 2.79. The fourth-order valence-electron chi connectivity index (χ4n) is 3.74. The molecule has 0 unspecified atom stereocenters. The van der Waals surface area contributed by atoms with Crippen molar-refractivity contribution in [2.24, 2.45) is 0 Å². The van der Waals surface area contributed by atoms with Crippen LogP contribution in [-0.4, -0.2) is 54.5 Å². The van der Waals surface area contributed by atoms with Crippen molar-refractivity contribution in [3.05, 3.63) is 29.6 Å². The van der Waals surface area contributed by atoms with Gasteiger partial charge in [0.05, 0.1) is 0 Å². The molecule has 2 saturated heterocycles. The first-order chi connectivity index (χ1) is 11.0. The molecule has 2 fully saturated rings. The molecule has 126 valence electrons. The zero-order valence-corrected chi connectivity index (χ0v) is 14.0. The molecule has 0 saturated carbocycles. The fourth-order valence-corrected chi connectivity index (χ4v) is 3.74. The van der Waals surface area contributed by atoms with Crippen molar-refractivity contribution in [2.75, 3.05) is 32.0 Å². The second-order valence-corrected chi connectivity index (χ2v) is 6.90. The zero-order chi connectivity index (χ0) is 16.4. The van der Waals surface area contributed by atoms with E-state index in [2.05, 4.69) is 22.2 Å². The minimum atomic E-state index is -0.283. The maximum atomic E-state index is 13.5. The van der Waals surface area contributed by atoms with Crippen molar-refractivity contribution in [1.29, 1.82) is 0 Å². The first-order valence-electron chi connectivity index (χ1n) is 8.53. The highest BCUT2D eigenvalue weighted by atomic mass is 19.1. The first-order valence-corrected chi connectivity index (χ1v) is 8.53. The Morgan fingerprint density at radius 3 is 2.87 bits per heavy atom. The van der Waals surface area contributed by atoms with Gasteiger partial charge in [-0.1, -0.05) is 6.07 Å². The third-order valence-electron chi connectivity index (χ3n) is 5.34. The molecule has 5 heteroatoms. The number of nitrogens with zero attached hydrogens (tertiary/aromatic N) is 2. The summed E-state index contributed by atoms with van der Waals surface area (Å²) in [5.74, 6) is -0.328. The molecule has 2 bridgehead atoms. The van der Waals surface area contributed by atoms with E-state index in [1.807, 2.05) is 0 Å². The molecule has 1 aromatic carbocycles. The van der Waals surface area contributed by atoms with Gasteiger partial charge in [-0.15, -0.1) is 0 Å². The van der Waals surface area contributed by atoms with Gasteiger partial charge in [-0.25, -0.2) is 4.39 Å². The van der Waals surface area contributed by atoms with Crippen LogP contribution in [0.4, 0.5) is 10.1 Å². The molecule has 2 aliphatic rings. The van der Waals surface area contributed by atoms with Gasteiger partial charge in [-0.05, 0) is 57.5 Å². The molecule has 4 nitrogen and oxygen atoms in total. The Labute approximate surface area is 137 Å². The number of likely N-dealkylation sites (tertiary alicyclic amines) is 1. The van der Waals surface area contributed by atoms with E-state index in [1.54, 1.807) is 19.1 Å². The fraction of sp³-hybridized carbons (Fsp3) is 0.611. The number of amides is 1. The largest absolute Gasteiger partial charge is 0.326 e. The summed E-state index contributed by atoms with van der Waals surface area (Å²) in [6.07, 6.45) is 4.23. The van der Waals surface area contributed by atoms with Crippen molar-refractivity contribution < 1.29 is 9.18 Å². The molecule has 0 spiro atoms. The van der Waals surface area contributed by atoms with E-state index in [9.17, 15) is 9.18 Å².